The van der Waals surface area contributed by atoms with E-state index in [2.05, 4.69) is 22.5 Å². The molecule has 1 saturated heterocycles. The number of hydrogen-bond acceptors (Lipinski definition) is 2. The highest BCUT2D eigenvalue weighted by Gasteiger charge is 2.17. The van der Waals surface area contributed by atoms with Crippen molar-refractivity contribution < 1.29 is 0 Å². The Bertz CT molecular complexity index is 172. The van der Waals surface area contributed by atoms with Crippen LogP contribution < -0.4 is 10.6 Å². The normalized spacial score (nSPS) is 23.1. The number of hydrogen-bond donors (Lipinski definition) is 2. The minimum absolute atomic E-state index is 0.743. The van der Waals surface area contributed by atoms with Gasteiger partial charge < -0.3 is 15.5 Å². The van der Waals surface area contributed by atoms with E-state index in [1.54, 1.807) is 0 Å². The van der Waals surface area contributed by atoms with Crippen molar-refractivity contribution in [1.82, 2.24) is 15.5 Å². The molecule has 0 aromatic heterocycles. The van der Waals surface area contributed by atoms with Gasteiger partial charge in [0.05, 0.1) is 0 Å². The Labute approximate surface area is 85.9 Å². The van der Waals surface area contributed by atoms with E-state index in [0.29, 0.717) is 0 Å². The lowest BCUT2D eigenvalue weighted by Crippen LogP contribution is -2.38. The van der Waals surface area contributed by atoms with Crippen LogP contribution in [0.5, 0.6) is 0 Å². The molecule has 1 fully saturated rings. The van der Waals surface area contributed by atoms with Gasteiger partial charge in [-0.15, -0.1) is 0 Å². The number of rotatable bonds is 3. The van der Waals surface area contributed by atoms with Gasteiger partial charge in [0, 0.05) is 26.7 Å². The molecule has 0 aromatic carbocycles. The fraction of sp³-hybridized carbons (Fsp3) is 0.889. The largest absolute Gasteiger partial charge is 0.366 e. The van der Waals surface area contributed by atoms with Crippen LogP contribution in [0, 0.1) is 5.92 Å². The molecule has 2 N–H and O–H groups in total. The van der Waals surface area contributed by atoms with Gasteiger partial charge in [-0.3, -0.25) is 0 Å². The molecule has 0 aliphatic carbocycles. The number of thiocarbonyl (C=S) groups is 1. The molecule has 76 valence electrons. The lowest BCUT2D eigenvalue weighted by Gasteiger charge is -2.15. The molecule has 0 amide bonds. The van der Waals surface area contributed by atoms with Crippen LogP contribution in [0.2, 0.25) is 0 Å². The molecule has 0 aromatic rings. The van der Waals surface area contributed by atoms with Crippen LogP contribution in [0.15, 0.2) is 0 Å². The molecule has 0 spiro atoms. The molecule has 1 rings (SSSR count). The second-order valence-corrected chi connectivity index (χ2v) is 4.11. The van der Waals surface area contributed by atoms with E-state index in [1.165, 1.54) is 19.5 Å². The van der Waals surface area contributed by atoms with E-state index < -0.39 is 0 Å². The fourth-order valence-corrected chi connectivity index (χ4v) is 1.75. The third-order valence-electron chi connectivity index (χ3n) is 2.45. The van der Waals surface area contributed by atoms with Crippen LogP contribution in [0.1, 0.15) is 13.3 Å². The fourth-order valence-electron chi connectivity index (χ4n) is 1.65. The van der Waals surface area contributed by atoms with Crippen LogP contribution in [-0.2, 0) is 0 Å². The summed E-state index contributed by atoms with van der Waals surface area (Å²) in [6, 6.07) is 0. The molecule has 1 aliphatic rings. The van der Waals surface area contributed by atoms with E-state index in [0.717, 1.165) is 24.1 Å². The SMILES string of the molecule is CNC(=S)NCCN1CCC(C)C1. The van der Waals surface area contributed by atoms with E-state index in [-0.39, 0.29) is 0 Å². The summed E-state index contributed by atoms with van der Waals surface area (Å²) in [7, 11) is 1.84. The molecule has 0 saturated carbocycles. The van der Waals surface area contributed by atoms with Gasteiger partial charge in [0.2, 0.25) is 0 Å². The summed E-state index contributed by atoms with van der Waals surface area (Å²) < 4.78 is 0. The molecule has 4 heteroatoms. The van der Waals surface area contributed by atoms with Gasteiger partial charge in [-0.1, -0.05) is 6.92 Å². The van der Waals surface area contributed by atoms with Gasteiger partial charge in [-0.05, 0) is 31.1 Å². The molecule has 1 atom stereocenters. The Morgan fingerprint density at radius 2 is 2.38 bits per heavy atom. The molecule has 1 unspecified atom stereocenters. The van der Waals surface area contributed by atoms with Crippen molar-refractivity contribution in [3.8, 4) is 0 Å². The van der Waals surface area contributed by atoms with Crippen molar-refractivity contribution in [2.75, 3.05) is 33.2 Å². The van der Waals surface area contributed by atoms with Crippen LogP contribution in [0.3, 0.4) is 0 Å². The first-order valence-corrected chi connectivity index (χ1v) is 5.31. The van der Waals surface area contributed by atoms with Gasteiger partial charge in [-0.2, -0.15) is 0 Å². The quantitative estimate of drug-likeness (QED) is 0.647. The Kier molecular flexibility index (Phi) is 4.45. The highest BCUT2D eigenvalue weighted by Crippen LogP contribution is 2.13. The third kappa shape index (κ3) is 3.91. The third-order valence-corrected chi connectivity index (χ3v) is 2.80. The maximum atomic E-state index is 4.98. The first-order chi connectivity index (χ1) is 6.22. The summed E-state index contributed by atoms with van der Waals surface area (Å²) in [4.78, 5) is 2.48. The molecule has 1 aliphatic heterocycles. The van der Waals surface area contributed by atoms with E-state index in [1.807, 2.05) is 7.05 Å². The van der Waals surface area contributed by atoms with E-state index in [9.17, 15) is 0 Å². The molecular weight excluding hydrogens is 182 g/mol. The molecule has 13 heavy (non-hydrogen) atoms. The van der Waals surface area contributed by atoms with Gasteiger partial charge in [-0.25, -0.2) is 0 Å². The molecular formula is C9H19N3S. The van der Waals surface area contributed by atoms with Gasteiger partial charge in [0.25, 0.3) is 0 Å². The maximum absolute atomic E-state index is 4.98. The average Bonchev–Trinajstić information content (AvgIpc) is 2.51. The van der Waals surface area contributed by atoms with Crippen molar-refractivity contribution in [3.63, 3.8) is 0 Å². The topological polar surface area (TPSA) is 27.3 Å². The highest BCUT2D eigenvalue weighted by molar-refractivity contribution is 7.80. The zero-order valence-electron chi connectivity index (χ0n) is 8.47. The second kappa shape index (κ2) is 5.40. The van der Waals surface area contributed by atoms with Crippen molar-refractivity contribution in [3.05, 3.63) is 0 Å². The Balaban J connectivity index is 2.03. The first kappa shape index (κ1) is 10.7. The summed E-state index contributed by atoms with van der Waals surface area (Å²) in [5.74, 6) is 0.872. The maximum Gasteiger partial charge on any atom is 0.166 e. The highest BCUT2D eigenvalue weighted by atomic mass is 32.1. The van der Waals surface area contributed by atoms with Crippen molar-refractivity contribution in [2.45, 2.75) is 13.3 Å². The zero-order chi connectivity index (χ0) is 9.68. The second-order valence-electron chi connectivity index (χ2n) is 3.70. The van der Waals surface area contributed by atoms with Crippen LogP contribution >= 0.6 is 12.2 Å². The van der Waals surface area contributed by atoms with Crippen molar-refractivity contribution in [2.24, 2.45) is 5.92 Å². The molecule has 3 nitrogen and oxygen atoms in total. The Morgan fingerprint density at radius 3 is 2.92 bits per heavy atom. The molecule has 0 bridgehead atoms. The van der Waals surface area contributed by atoms with Crippen molar-refractivity contribution in [1.29, 1.82) is 0 Å². The monoisotopic (exact) mass is 201 g/mol. The van der Waals surface area contributed by atoms with Gasteiger partial charge in [0.1, 0.15) is 0 Å². The zero-order valence-corrected chi connectivity index (χ0v) is 9.28. The van der Waals surface area contributed by atoms with Crippen LogP contribution in [0.4, 0.5) is 0 Å². The van der Waals surface area contributed by atoms with Crippen LogP contribution in [-0.4, -0.2) is 43.2 Å². The molecule has 1 heterocycles. The number of likely N-dealkylation sites (tertiary alicyclic amines) is 1. The predicted molar refractivity (Wildman–Crippen MR) is 59.9 cm³/mol. The first-order valence-electron chi connectivity index (χ1n) is 4.90. The predicted octanol–water partition coefficient (Wildman–Crippen LogP) is 0.422. The summed E-state index contributed by atoms with van der Waals surface area (Å²) in [6.45, 7) is 6.85. The summed E-state index contributed by atoms with van der Waals surface area (Å²) in [5, 5.41) is 6.80. The minimum atomic E-state index is 0.743. The van der Waals surface area contributed by atoms with Gasteiger partial charge in [0.15, 0.2) is 5.11 Å². The van der Waals surface area contributed by atoms with Crippen LogP contribution in [0.25, 0.3) is 0 Å². The lowest BCUT2D eigenvalue weighted by atomic mass is 10.2. The lowest BCUT2D eigenvalue weighted by molar-refractivity contribution is 0.332. The number of nitrogens with one attached hydrogen (secondary N) is 2. The standard InChI is InChI=1S/C9H19N3S/c1-8-3-5-12(7-8)6-4-11-9(13)10-2/h8H,3-7H2,1-2H3,(H2,10,11,13). The average molecular weight is 201 g/mol. The van der Waals surface area contributed by atoms with Crippen molar-refractivity contribution >= 4 is 17.3 Å². The van der Waals surface area contributed by atoms with E-state index in [4.69, 9.17) is 12.2 Å². The summed E-state index contributed by atoms with van der Waals surface area (Å²) >= 11 is 4.98. The van der Waals surface area contributed by atoms with Gasteiger partial charge >= 0.3 is 0 Å². The summed E-state index contributed by atoms with van der Waals surface area (Å²) in [5.41, 5.74) is 0. The Hall–Kier alpha value is -0.350. The Morgan fingerprint density at radius 1 is 1.62 bits per heavy atom. The molecule has 0 radical (unpaired) electrons. The number of nitrogens with zero attached hydrogens (tertiary/aromatic N) is 1. The smallest absolute Gasteiger partial charge is 0.166 e. The summed E-state index contributed by atoms with van der Waals surface area (Å²) in [6.07, 6.45) is 1.34. The van der Waals surface area contributed by atoms with E-state index >= 15 is 0 Å². The minimum Gasteiger partial charge on any atom is -0.366 e.